The molecule has 0 fully saturated rings. The summed E-state index contributed by atoms with van der Waals surface area (Å²) in [4.78, 5) is 23.6. The SMILES string of the molecule is Cc1ccc2c(C)c(CCC(=O)NS(C)(=O)=O)c(=O)oc2c1. The summed E-state index contributed by atoms with van der Waals surface area (Å²) in [5.74, 6) is -0.648. The van der Waals surface area contributed by atoms with Gasteiger partial charge in [-0.1, -0.05) is 12.1 Å². The van der Waals surface area contributed by atoms with Crippen LogP contribution in [0.5, 0.6) is 0 Å². The fourth-order valence-corrected chi connectivity index (χ4v) is 2.80. The molecular formula is C15H17NO5S. The van der Waals surface area contributed by atoms with Gasteiger partial charge in [-0.3, -0.25) is 9.52 Å². The lowest BCUT2D eigenvalue weighted by molar-refractivity contribution is -0.119. The smallest absolute Gasteiger partial charge is 0.339 e. The summed E-state index contributed by atoms with van der Waals surface area (Å²) in [5.41, 5.74) is 2.13. The first-order chi connectivity index (χ1) is 10.2. The number of fused-ring (bicyclic) bond motifs is 1. The van der Waals surface area contributed by atoms with E-state index in [0.29, 0.717) is 11.1 Å². The van der Waals surface area contributed by atoms with Crippen molar-refractivity contribution >= 4 is 26.9 Å². The quantitative estimate of drug-likeness (QED) is 0.859. The van der Waals surface area contributed by atoms with Crippen molar-refractivity contribution in [2.75, 3.05) is 6.26 Å². The lowest BCUT2D eigenvalue weighted by Gasteiger charge is -2.08. The molecule has 0 radical (unpaired) electrons. The molecule has 1 amide bonds. The Labute approximate surface area is 128 Å². The van der Waals surface area contributed by atoms with E-state index < -0.39 is 21.6 Å². The average Bonchev–Trinajstić information content (AvgIpc) is 2.35. The molecule has 118 valence electrons. The molecule has 0 spiro atoms. The lowest BCUT2D eigenvalue weighted by Crippen LogP contribution is -2.30. The molecule has 2 rings (SSSR count). The minimum atomic E-state index is -3.59. The maximum absolute atomic E-state index is 12.0. The molecule has 0 saturated carbocycles. The predicted molar refractivity (Wildman–Crippen MR) is 83.3 cm³/mol. The van der Waals surface area contributed by atoms with Crippen molar-refractivity contribution in [1.29, 1.82) is 0 Å². The van der Waals surface area contributed by atoms with Gasteiger partial charge in [0.1, 0.15) is 5.58 Å². The third kappa shape index (κ3) is 3.73. The monoisotopic (exact) mass is 323 g/mol. The van der Waals surface area contributed by atoms with Gasteiger partial charge in [0.2, 0.25) is 15.9 Å². The second-order valence-electron chi connectivity index (χ2n) is 5.29. The minimum absolute atomic E-state index is 0.101. The third-order valence-electron chi connectivity index (χ3n) is 3.34. The van der Waals surface area contributed by atoms with E-state index in [0.717, 1.165) is 22.8 Å². The predicted octanol–water partition coefficient (Wildman–Crippen LogP) is 1.42. The fourth-order valence-electron chi connectivity index (χ4n) is 2.29. The summed E-state index contributed by atoms with van der Waals surface area (Å²) in [6.45, 7) is 3.69. The highest BCUT2D eigenvalue weighted by molar-refractivity contribution is 7.89. The van der Waals surface area contributed by atoms with E-state index in [1.54, 1.807) is 13.0 Å². The van der Waals surface area contributed by atoms with Crippen LogP contribution in [-0.4, -0.2) is 20.6 Å². The molecular weight excluding hydrogens is 306 g/mol. The number of hydrogen-bond donors (Lipinski definition) is 1. The van der Waals surface area contributed by atoms with Crippen molar-refractivity contribution < 1.29 is 17.6 Å². The van der Waals surface area contributed by atoms with Gasteiger partial charge in [0.25, 0.3) is 0 Å². The molecule has 22 heavy (non-hydrogen) atoms. The van der Waals surface area contributed by atoms with Crippen LogP contribution in [0.3, 0.4) is 0 Å². The van der Waals surface area contributed by atoms with Crippen molar-refractivity contribution in [2.24, 2.45) is 0 Å². The zero-order valence-electron chi connectivity index (χ0n) is 12.6. The summed E-state index contributed by atoms with van der Waals surface area (Å²) in [5, 5.41) is 0.809. The number of nitrogens with one attached hydrogen (secondary N) is 1. The Kier molecular flexibility index (Phi) is 4.37. The molecule has 0 aliphatic heterocycles. The summed E-state index contributed by atoms with van der Waals surface area (Å²) in [7, 11) is -3.59. The van der Waals surface area contributed by atoms with E-state index in [2.05, 4.69) is 0 Å². The largest absolute Gasteiger partial charge is 0.423 e. The van der Waals surface area contributed by atoms with Crippen LogP contribution in [0.15, 0.2) is 27.4 Å². The van der Waals surface area contributed by atoms with Gasteiger partial charge in [-0.05, 0) is 37.5 Å². The highest BCUT2D eigenvalue weighted by Gasteiger charge is 2.14. The van der Waals surface area contributed by atoms with Crippen LogP contribution in [-0.2, 0) is 21.2 Å². The number of carbonyl (C=O) groups excluding carboxylic acids is 1. The lowest BCUT2D eigenvalue weighted by atomic mass is 10.0. The molecule has 1 aromatic carbocycles. The summed E-state index contributed by atoms with van der Waals surface area (Å²) >= 11 is 0. The molecule has 2 aromatic rings. The van der Waals surface area contributed by atoms with E-state index in [1.165, 1.54) is 0 Å². The van der Waals surface area contributed by atoms with Crippen LogP contribution in [0.4, 0.5) is 0 Å². The van der Waals surface area contributed by atoms with E-state index >= 15 is 0 Å². The standard InChI is InChI=1S/C15H17NO5S/c1-9-4-5-11-10(2)12(15(18)21-13(11)8-9)6-7-14(17)16-22(3,19)20/h4-5,8H,6-7H2,1-3H3,(H,16,17). The van der Waals surface area contributed by atoms with Crippen LogP contribution < -0.4 is 10.3 Å². The van der Waals surface area contributed by atoms with Crippen molar-refractivity contribution in [3.8, 4) is 0 Å². The maximum atomic E-state index is 12.0. The van der Waals surface area contributed by atoms with E-state index in [-0.39, 0.29) is 12.8 Å². The Bertz CT molecular complexity index is 896. The Morgan fingerprint density at radius 1 is 1.27 bits per heavy atom. The molecule has 0 aliphatic carbocycles. The molecule has 0 atom stereocenters. The zero-order valence-corrected chi connectivity index (χ0v) is 13.4. The number of sulfonamides is 1. The molecule has 0 aliphatic rings. The topological polar surface area (TPSA) is 93.5 Å². The highest BCUT2D eigenvalue weighted by Crippen LogP contribution is 2.21. The van der Waals surface area contributed by atoms with Crippen LogP contribution in [0, 0.1) is 13.8 Å². The summed E-state index contributed by atoms with van der Waals surface area (Å²) in [6.07, 6.45) is 0.929. The molecule has 7 heteroatoms. The Balaban J connectivity index is 2.31. The second kappa shape index (κ2) is 5.92. The summed E-state index contributed by atoms with van der Waals surface area (Å²) < 4.78 is 29.1. The number of hydrogen-bond acceptors (Lipinski definition) is 5. The van der Waals surface area contributed by atoms with Gasteiger partial charge < -0.3 is 4.42 Å². The Hall–Kier alpha value is -2.15. The molecule has 0 saturated heterocycles. The number of benzene rings is 1. The van der Waals surface area contributed by atoms with Crippen molar-refractivity contribution in [1.82, 2.24) is 4.72 Å². The van der Waals surface area contributed by atoms with Crippen molar-refractivity contribution in [3.05, 3.63) is 45.3 Å². The van der Waals surface area contributed by atoms with Crippen LogP contribution in [0.2, 0.25) is 0 Å². The Morgan fingerprint density at radius 2 is 1.95 bits per heavy atom. The van der Waals surface area contributed by atoms with Crippen LogP contribution in [0.1, 0.15) is 23.1 Å². The van der Waals surface area contributed by atoms with Crippen LogP contribution >= 0.6 is 0 Å². The molecule has 1 N–H and O–H groups in total. The normalized spacial score (nSPS) is 11.6. The van der Waals surface area contributed by atoms with E-state index in [1.807, 2.05) is 23.8 Å². The Morgan fingerprint density at radius 3 is 2.59 bits per heavy atom. The van der Waals surface area contributed by atoms with Gasteiger partial charge in [0, 0.05) is 17.4 Å². The van der Waals surface area contributed by atoms with Crippen molar-refractivity contribution in [3.63, 3.8) is 0 Å². The van der Waals surface area contributed by atoms with Gasteiger partial charge in [0.05, 0.1) is 6.26 Å². The highest BCUT2D eigenvalue weighted by atomic mass is 32.2. The van der Waals surface area contributed by atoms with Gasteiger partial charge >= 0.3 is 5.63 Å². The number of amides is 1. The zero-order chi connectivity index (χ0) is 16.5. The molecule has 0 unspecified atom stereocenters. The molecule has 1 heterocycles. The van der Waals surface area contributed by atoms with E-state index in [4.69, 9.17) is 4.42 Å². The third-order valence-corrected chi connectivity index (χ3v) is 3.94. The van der Waals surface area contributed by atoms with Gasteiger partial charge in [-0.15, -0.1) is 0 Å². The fraction of sp³-hybridized carbons (Fsp3) is 0.333. The second-order valence-corrected chi connectivity index (χ2v) is 7.04. The number of carbonyl (C=O) groups is 1. The van der Waals surface area contributed by atoms with Crippen LogP contribution in [0.25, 0.3) is 11.0 Å². The molecule has 0 bridgehead atoms. The van der Waals surface area contributed by atoms with E-state index in [9.17, 15) is 18.0 Å². The molecule has 1 aromatic heterocycles. The first-order valence-corrected chi connectivity index (χ1v) is 8.60. The number of rotatable bonds is 4. The first-order valence-electron chi connectivity index (χ1n) is 6.71. The van der Waals surface area contributed by atoms with Crippen molar-refractivity contribution in [2.45, 2.75) is 26.7 Å². The van der Waals surface area contributed by atoms with Gasteiger partial charge in [-0.2, -0.15) is 0 Å². The molecule has 6 nitrogen and oxygen atoms in total. The number of aryl methyl sites for hydroxylation is 2. The average molecular weight is 323 g/mol. The minimum Gasteiger partial charge on any atom is -0.423 e. The summed E-state index contributed by atoms with van der Waals surface area (Å²) in [6, 6.07) is 5.56. The first kappa shape index (κ1) is 16.2. The maximum Gasteiger partial charge on any atom is 0.339 e. The van der Waals surface area contributed by atoms with Gasteiger partial charge in [0.15, 0.2) is 0 Å². The van der Waals surface area contributed by atoms with Gasteiger partial charge in [-0.25, -0.2) is 13.2 Å².